The van der Waals surface area contributed by atoms with Crippen LogP contribution in [-0.2, 0) is 4.79 Å². The van der Waals surface area contributed by atoms with Crippen molar-refractivity contribution in [2.75, 3.05) is 13.1 Å². The lowest BCUT2D eigenvalue weighted by Crippen LogP contribution is -2.36. The minimum absolute atomic E-state index is 0.0819. The summed E-state index contributed by atoms with van der Waals surface area (Å²) < 4.78 is 0. The van der Waals surface area contributed by atoms with Gasteiger partial charge in [0.15, 0.2) is 0 Å². The Morgan fingerprint density at radius 2 is 2.41 bits per heavy atom. The molecule has 1 atom stereocenters. The SMILES string of the molecule is N#CC(CC(=O)NC1CC1)NCCCN=[N+]=[N-]. The zero-order chi connectivity index (χ0) is 12.5. The van der Waals surface area contributed by atoms with E-state index in [1.807, 2.05) is 6.07 Å². The Hall–Kier alpha value is -1.77. The predicted octanol–water partition coefficient (Wildman–Crippen LogP) is 0.837. The summed E-state index contributed by atoms with van der Waals surface area (Å²) in [6.45, 7) is 0.962. The minimum Gasteiger partial charge on any atom is -0.353 e. The third-order valence-corrected chi connectivity index (χ3v) is 2.38. The van der Waals surface area contributed by atoms with Crippen molar-refractivity contribution in [3.8, 4) is 6.07 Å². The van der Waals surface area contributed by atoms with E-state index in [4.69, 9.17) is 10.8 Å². The smallest absolute Gasteiger partial charge is 0.222 e. The Balaban J connectivity index is 2.11. The summed E-state index contributed by atoms with van der Waals surface area (Å²) in [4.78, 5) is 14.1. The van der Waals surface area contributed by atoms with Crippen molar-refractivity contribution in [3.63, 3.8) is 0 Å². The van der Waals surface area contributed by atoms with Gasteiger partial charge < -0.3 is 10.6 Å². The van der Waals surface area contributed by atoms with Gasteiger partial charge in [-0.2, -0.15) is 5.26 Å². The summed E-state index contributed by atoms with van der Waals surface area (Å²) in [5.74, 6) is -0.0819. The first-order valence-corrected chi connectivity index (χ1v) is 5.69. The standard InChI is InChI=1S/C10H16N6O/c11-7-9(13-4-1-5-14-16-12)6-10(17)15-8-2-3-8/h8-9,13H,1-6H2,(H,15,17). The molecule has 0 spiro atoms. The highest BCUT2D eigenvalue weighted by atomic mass is 16.1. The molecule has 1 aliphatic rings. The first kappa shape index (κ1) is 13.3. The minimum atomic E-state index is -0.472. The second kappa shape index (κ2) is 7.49. The van der Waals surface area contributed by atoms with Crippen LogP contribution in [0.15, 0.2) is 5.11 Å². The van der Waals surface area contributed by atoms with Crippen molar-refractivity contribution < 1.29 is 4.79 Å². The number of rotatable bonds is 8. The molecular weight excluding hydrogens is 220 g/mol. The molecule has 1 rings (SSSR count). The quantitative estimate of drug-likeness (QED) is 0.281. The van der Waals surface area contributed by atoms with Gasteiger partial charge in [0, 0.05) is 17.5 Å². The number of carbonyl (C=O) groups excluding carboxylic acids is 1. The Kier molecular flexibility index (Phi) is 5.86. The lowest BCUT2D eigenvalue weighted by Gasteiger charge is -2.10. The molecule has 0 aromatic carbocycles. The highest BCUT2D eigenvalue weighted by Crippen LogP contribution is 2.18. The molecule has 1 saturated carbocycles. The molecule has 1 fully saturated rings. The molecule has 0 heterocycles. The van der Waals surface area contributed by atoms with Crippen molar-refractivity contribution in [1.82, 2.24) is 10.6 Å². The Bertz CT molecular complexity index is 339. The summed E-state index contributed by atoms with van der Waals surface area (Å²) in [6, 6.07) is 1.90. The second-order valence-corrected chi connectivity index (χ2v) is 3.99. The molecule has 0 saturated heterocycles. The Morgan fingerprint density at radius 3 is 3.00 bits per heavy atom. The number of nitrogens with one attached hydrogen (secondary N) is 2. The molecule has 1 aliphatic carbocycles. The molecule has 17 heavy (non-hydrogen) atoms. The van der Waals surface area contributed by atoms with Crippen molar-refractivity contribution in [2.24, 2.45) is 5.11 Å². The van der Waals surface area contributed by atoms with Crippen LogP contribution >= 0.6 is 0 Å². The molecular formula is C10H16N6O. The van der Waals surface area contributed by atoms with Crippen molar-refractivity contribution in [2.45, 2.75) is 37.8 Å². The van der Waals surface area contributed by atoms with E-state index in [1.54, 1.807) is 0 Å². The summed E-state index contributed by atoms with van der Waals surface area (Å²) in [5, 5.41) is 18.0. The van der Waals surface area contributed by atoms with Crippen LogP contribution in [-0.4, -0.2) is 31.1 Å². The summed E-state index contributed by atoms with van der Waals surface area (Å²) in [7, 11) is 0. The van der Waals surface area contributed by atoms with Crippen molar-refractivity contribution in [3.05, 3.63) is 10.4 Å². The van der Waals surface area contributed by atoms with Gasteiger partial charge in [0.05, 0.1) is 12.5 Å². The van der Waals surface area contributed by atoms with Crippen LogP contribution < -0.4 is 10.6 Å². The summed E-state index contributed by atoms with van der Waals surface area (Å²) >= 11 is 0. The third-order valence-electron chi connectivity index (χ3n) is 2.38. The average Bonchev–Trinajstić information content (AvgIpc) is 3.11. The predicted molar refractivity (Wildman–Crippen MR) is 61.8 cm³/mol. The molecule has 0 radical (unpaired) electrons. The summed E-state index contributed by atoms with van der Waals surface area (Å²) in [6.07, 6.45) is 2.92. The van der Waals surface area contributed by atoms with Gasteiger partial charge in [-0.1, -0.05) is 5.11 Å². The monoisotopic (exact) mass is 236 g/mol. The fourth-order valence-corrected chi connectivity index (χ4v) is 1.33. The first-order chi connectivity index (χ1) is 8.26. The first-order valence-electron chi connectivity index (χ1n) is 5.69. The van der Waals surface area contributed by atoms with Crippen LogP contribution in [0.5, 0.6) is 0 Å². The van der Waals surface area contributed by atoms with Crippen LogP contribution in [0.4, 0.5) is 0 Å². The Morgan fingerprint density at radius 1 is 1.65 bits per heavy atom. The number of hydrogen-bond donors (Lipinski definition) is 2. The van der Waals surface area contributed by atoms with E-state index in [0.29, 0.717) is 25.6 Å². The fourth-order valence-electron chi connectivity index (χ4n) is 1.33. The topological polar surface area (TPSA) is 114 Å². The molecule has 7 nitrogen and oxygen atoms in total. The maximum atomic E-state index is 11.4. The lowest BCUT2D eigenvalue weighted by atomic mass is 10.2. The number of nitrogens with zero attached hydrogens (tertiary/aromatic N) is 4. The molecule has 92 valence electrons. The van der Waals surface area contributed by atoms with Gasteiger partial charge in [-0.25, -0.2) is 0 Å². The van der Waals surface area contributed by atoms with Gasteiger partial charge in [0.2, 0.25) is 5.91 Å². The van der Waals surface area contributed by atoms with Crippen LogP contribution in [0.25, 0.3) is 10.4 Å². The van der Waals surface area contributed by atoms with Crippen LogP contribution in [0.2, 0.25) is 0 Å². The van der Waals surface area contributed by atoms with Gasteiger partial charge in [-0.05, 0) is 31.3 Å². The van der Waals surface area contributed by atoms with Gasteiger partial charge in [0.1, 0.15) is 6.04 Å². The zero-order valence-electron chi connectivity index (χ0n) is 9.59. The average molecular weight is 236 g/mol. The molecule has 2 N–H and O–H groups in total. The van der Waals surface area contributed by atoms with Crippen LogP contribution in [0.3, 0.4) is 0 Å². The molecule has 0 aromatic heterocycles. The number of azide groups is 1. The van der Waals surface area contributed by atoms with E-state index < -0.39 is 6.04 Å². The largest absolute Gasteiger partial charge is 0.353 e. The van der Waals surface area contributed by atoms with E-state index >= 15 is 0 Å². The van der Waals surface area contributed by atoms with Gasteiger partial charge in [0.25, 0.3) is 0 Å². The van der Waals surface area contributed by atoms with Gasteiger partial charge in [-0.3, -0.25) is 4.79 Å². The molecule has 1 unspecified atom stereocenters. The van der Waals surface area contributed by atoms with E-state index in [0.717, 1.165) is 12.8 Å². The molecule has 1 amide bonds. The third kappa shape index (κ3) is 6.40. The van der Waals surface area contributed by atoms with Crippen LogP contribution in [0, 0.1) is 11.3 Å². The highest BCUT2D eigenvalue weighted by molar-refractivity contribution is 5.77. The van der Waals surface area contributed by atoms with E-state index in [2.05, 4.69) is 20.7 Å². The number of carbonyl (C=O) groups is 1. The molecule has 0 aliphatic heterocycles. The number of nitriles is 1. The molecule has 0 bridgehead atoms. The Labute approximate surface area is 99.8 Å². The van der Waals surface area contributed by atoms with E-state index in [1.165, 1.54) is 0 Å². The maximum absolute atomic E-state index is 11.4. The number of hydrogen-bond acceptors (Lipinski definition) is 4. The van der Waals surface area contributed by atoms with E-state index in [9.17, 15) is 4.79 Å². The van der Waals surface area contributed by atoms with Crippen molar-refractivity contribution >= 4 is 5.91 Å². The number of amides is 1. The molecule has 7 heteroatoms. The van der Waals surface area contributed by atoms with Gasteiger partial charge in [-0.15, -0.1) is 0 Å². The maximum Gasteiger partial charge on any atom is 0.222 e. The van der Waals surface area contributed by atoms with E-state index in [-0.39, 0.29) is 12.3 Å². The highest BCUT2D eigenvalue weighted by Gasteiger charge is 2.24. The fraction of sp³-hybridized carbons (Fsp3) is 0.800. The normalized spacial score (nSPS) is 15.5. The second-order valence-electron chi connectivity index (χ2n) is 3.99. The van der Waals surface area contributed by atoms with Gasteiger partial charge >= 0.3 is 0 Å². The molecule has 0 aromatic rings. The van der Waals surface area contributed by atoms with Crippen molar-refractivity contribution in [1.29, 1.82) is 5.26 Å². The summed E-state index contributed by atoms with van der Waals surface area (Å²) in [5.41, 5.74) is 8.06. The zero-order valence-corrected chi connectivity index (χ0v) is 9.59. The van der Waals surface area contributed by atoms with Crippen LogP contribution in [0.1, 0.15) is 25.7 Å². The lowest BCUT2D eigenvalue weighted by molar-refractivity contribution is -0.121.